The zero-order valence-corrected chi connectivity index (χ0v) is 15.8. The van der Waals surface area contributed by atoms with Crippen molar-refractivity contribution in [2.75, 3.05) is 4.72 Å². The molecule has 0 radical (unpaired) electrons. The first-order chi connectivity index (χ1) is 13.4. The molecule has 3 aromatic rings. The van der Waals surface area contributed by atoms with Crippen LogP contribution in [0.15, 0.2) is 83.1 Å². The van der Waals surface area contributed by atoms with Gasteiger partial charge in [-0.1, -0.05) is 17.7 Å². The van der Waals surface area contributed by atoms with Crippen LogP contribution in [0.2, 0.25) is 0 Å². The van der Waals surface area contributed by atoms with Crippen molar-refractivity contribution in [1.29, 1.82) is 0 Å². The molecule has 142 valence electrons. The second kappa shape index (κ2) is 8.45. The number of carbonyl (C=O) groups excluding carboxylic acids is 1. The largest absolute Gasteiger partial charge is 0.280 e. The van der Waals surface area contributed by atoms with Crippen LogP contribution >= 0.6 is 0 Å². The first kappa shape index (κ1) is 19.2. The predicted octanol–water partition coefficient (Wildman–Crippen LogP) is 2.95. The number of carbonyl (C=O) groups is 1. The molecule has 0 bridgehead atoms. The van der Waals surface area contributed by atoms with Crippen LogP contribution in [0.25, 0.3) is 0 Å². The fourth-order valence-corrected chi connectivity index (χ4v) is 3.36. The molecule has 1 amide bonds. The molecule has 0 aliphatic rings. The van der Waals surface area contributed by atoms with Gasteiger partial charge in [-0.2, -0.15) is 5.10 Å². The fourth-order valence-electron chi connectivity index (χ4n) is 2.30. The molecule has 0 aliphatic heterocycles. The zero-order valence-electron chi connectivity index (χ0n) is 15.0. The van der Waals surface area contributed by atoms with Crippen molar-refractivity contribution in [2.24, 2.45) is 5.10 Å². The van der Waals surface area contributed by atoms with E-state index < -0.39 is 15.9 Å². The summed E-state index contributed by atoms with van der Waals surface area (Å²) in [6, 6.07) is 16.1. The number of benzene rings is 2. The topological polar surface area (TPSA) is 101 Å². The van der Waals surface area contributed by atoms with E-state index in [0.717, 1.165) is 11.1 Å². The molecule has 7 nitrogen and oxygen atoms in total. The molecule has 2 aromatic carbocycles. The van der Waals surface area contributed by atoms with Gasteiger partial charge in [-0.25, -0.2) is 13.8 Å². The van der Waals surface area contributed by atoms with E-state index in [9.17, 15) is 13.2 Å². The van der Waals surface area contributed by atoms with Gasteiger partial charge in [0.2, 0.25) is 0 Å². The maximum Gasteiger partial charge on any atom is 0.271 e. The van der Waals surface area contributed by atoms with Crippen molar-refractivity contribution in [3.05, 3.63) is 89.7 Å². The molecule has 1 aromatic heterocycles. The number of rotatable bonds is 6. The van der Waals surface area contributed by atoms with E-state index in [1.54, 1.807) is 48.8 Å². The number of aromatic nitrogens is 1. The van der Waals surface area contributed by atoms with Crippen molar-refractivity contribution in [3.63, 3.8) is 0 Å². The number of hydrazone groups is 1. The highest BCUT2D eigenvalue weighted by molar-refractivity contribution is 7.92. The number of pyridine rings is 1. The summed E-state index contributed by atoms with van der Waals surface area (Å²) >= 11 is 0. The summed E-state index contributed by atoms with van der Waals surface area (Å²) in [5.41, 5.74) is 4.90. The van der Waals surface area contributed by atoms with Crippen LogP contribution in [0.4, 0.5) is 5.69 Å². The van der Waals surface area contributed by atoms with Crippen molar-refractivity contribution in [1.82, 2.24) is 10.4 Å². The molecule has 0 saturated heterocycles. The van der Waals surface area contributed by atoms with Crippen molar-refractivity contribution in [2.45, 2.75) is 11.8 Å². The van der Waals surface area contributed by atoms with E-state index in [2.05, 4.69) is 20.2 Å². The summed E-state index contributed by atoms with van der Waals surface area (Å²) in [6.45, 7) is 1.88. The number of hydrogen-bond donors (Lipinski definition) is 2. The molecule has 0 fully saturated rings. The van der Waals surface area contributed by atoms with Crippen LogP contribution in [-0.2, 0) is 10.0 Å². The first-order valence-electron chi connectivity index (χ1n) is 8.37. The third-order valence-corrected chi connectivity index (χ3v) is 5.21. The lowest BCUT2D eigenvalue weighted by Gasteiger charge is -2.09. The van der Waals surface area contributed by atoms with Crippen LogP contribution in [0, 0.1) is 6.92 Å². The molecular weight excluding hydrogens is 376 g/mol. The van der Waals surface area contributed by atoms with Gasteiger partial charge < -0.3 is 0 Å². The molecule has 0 atom stereocenters. The number of aryl methyl sites for hydroxylation is 1. The zero-order chi connectivity index (χ0) is 20.0. The van der Waals surface area contributed by atoms with Gasteiger partial charge in [-0.15, -0.1) is 0 Å². The lowest BCUT2D eigenvalue weighted by atomic mass is 10.2. The molecule has 8 heteroatoms. The lowest BCUT2D eigenvalue weighted by molar-refractivity contribution is 0.0955. The summed E-state index contributed by atoms with van der Waals surface area (Å²) in [6.07, 6.45) is 4.75. The van der Waals surface area contributed by atoms with E-state index in [-0.39, 0.29) is 4.90 Å². The van der Waals surface area contributed by atoms with Gasteiger partial charge in [-0.3, -0.25) is 14.5 Å². The number of sulfonamides is 1. The van der Waals surface area contributed by atoms with Crippen LogP contribution in [-0.4, -0.2) is 25.5 Å². The second-order valence-electron chi connectivity index (χ2n) is 5.98. The standard InChI is InChI=1S/C20H18N4O3S/c1-15-2-8-19(9-3-15)28(26,27)24-18-6-4-17(5-7-18)20(25)23-22-14-16-10-12-21-13-11-16/h2-14,24H,1H3,(H,23,25). The maximum atomic E-state index is 12.4. The first-order valence-corrected chi connectivity index (χ1v) is 9.85. The van der Waals surface area contributed by atoms with Crippen molar-refractivity contribution >= 4 is 27.8 Å². The SMILES string of the molecule is Cc1ccc(S(=O)(=O)Nc2ccc(C(=O)NN=Cc3ccncc3)cc2)cc1. The summed E-state index contributed by atoms with van der Waals surface area (Å²) < 4.78 is 27.3. The minimum absolute atomic E-state index is 0.172. The van der Waals surface area contributed by atoms with Gasteiger partial charge in [0, 0.05) is 23.6 Å². The third kappa shape index (κ3) is 5.01. The Kier molecular flexibility index (Phi) is 5.81. The Hall–Kier alpha value is -3.52. The van der Waals surface area contributed by atoms with Crippen LogP contribution in [0.1, 0.15) is 21.5 Å². The van der Waals surface area contributed by atoms with Gasteiger partial charge in [0.05, 0.1) is 11.1 Å². The molecule has 0 spiro atoms. The van der Waals surface area contributed by atoms with E-state index in [1.807, 2.05) is 6.92 Å². The van der Waals surface area contributed by atoms with E-state index in [0.29, 0.717) is 11.3 Å². The highest BCUT2D eigenvalue weighted by Crippen LogP contribution is 2.17. The van der Waals surface area contributed by atoms with Crippen LogP contribution < -0.4 is 10.1 Å². The van der Waals surface area contributed by atoms with E-state index in [4.69, 9.17) is 0 Å². The monoisotopic (exact) mass is 394 g/mol. The van der Waals surface area contributed by atoms with Gasteiger partial charge in [-0.05, 0) is 61.0 Å². The number of hydrogen-bond acceptors (Lipinski definition) is 5. The number of amides is 1. The smallest absolute Gasteiger partial charge is 0.271 e. The minimum Gasteiger partial charge on any atom is -0.280 e. The highest BCUT2D eigenvalue weighted by Gasteiger charge is 2.14. The third-order valence-electron chi connectivity index (χ3n) is 3.82. The fraction of sp³-hybridized carbons (Fsp3) is 0.0500. The van der Waals surface area contributed by atoms with Gasteiger partial charge in [0.1, 0.15) is 0 Å². The summed E-state index contributed by atoms with van der Waals surface area (Å²) in [4.78, 5) is 16.2. The molecule has 1 heterocycles. The van der Waals surface area contributed by atoms with Crippen molar-refractivity contribution < 1.29 is 13.2 Å². The summed E-state index contributed by atoms with van der Waals surface area (Å²) in [7, 11) is -3.69. The average Bonchev–Trinajstić information content (AvgIpc) is 2.69. The van der Waals surface area contributed by atoms with Gasteiger partial charge in [0.25, 0.3) is 15.9 Å². The Bertz CT molecular complexity index is 1080. The maximum absolute atomic E-state index is 12.4. The Morgan fingerprint density at radius 3 is 2.25 bits per heavy atom. The van der Waals surface area contributed by atoms with Crippen LogP contribution in [0.3, 0.4) is 0 Å². The van der Waals surface area contributed by atoms with Crippen LogP contribution in [0.5, 0.6) is 0 Å². The Labute approximate surface area is 163 Å². The molecule has 28 heavy (non-hydrogen) atoms. The normalized spacial score (nSPS) is 11.3. The Balaban J connectivity index is 1.63. The quantitative estimate of drug-likeness (QED) is 0.496. The summed E-state index contributed by atoms with van der Waals surface area (Å²) in [5, 5.41) is 3.88. The van der Waals surface area contributed by atoms with E-state index in [1.165, 1.54) is 30.5 Å². The van der Waals surface area contributed by atoms with E-state index >= 15 is 0 Å². The molecule has 0 aliphatic carbocycles. The number of anilines is 1. The molecule has 0 unspecified atom stereocenters. The lowest BCUT2D eigenvalue weighted by Crippen LogP contribution is -2.18. The minimum atomic E-state index is -3.69. The number of nitrogens with zero attached hydrogens (tertiary/aromatic N) is 2. The van der Waals surface area contributed by atoms with Gasteiger partial charge in [0.15, 0.2) is 0 Å². The van der Waals surface area contributed by atoms with Crippen molar-refractivity contribution in [3.8, 4) is 0 Å². The summed E-state index contributed by atoms with van der Waals surface area (Å²) in [5.74, 6) is -0.404. The second-order valence-corrected chi connectivity index (χ2v) is 7.66. The predicted molar refractivity (Wildman–Crippen MR) is 108 cm³/mol. The molecule has 2 N–H and O–H groups in total. The molecule has 3 rings (SSSR count). The Morgan fingerprint density at radius 2 is 1.61 bits per heavy atom. The number of nitrogens with one attached hydrogen (secondary N) is 2. The Morgan fingerprint density at radius 1 is 0.964 bits per heavy atom. The highest BCUT2D eigenvalue weighted by atomic mass is 32.2. The molecular formula is C20H18N4O3S. The van der Waals surface area contributed by atoms with Gasteiger partial charge >= 0.3 is 0 Å². The average molecular weight is 394 g/mol. The molecule has 0 saturated carbocycles.